The first-order chi connectivity index (χ1) is 6.83. The quantitative estimate of drug-likeness (QED) is 0.817. The number of thiazole rings is 1. The molecule has 0 aliphatic heterocycles. The van der Waals surface area contributed by atoms with Crippen molar-refractivity contribution in [3.8, 4) is 5.75 Å². The van der Waals surface area contributed by atoms with Crippen molar-refractivity contribution >= 4 is 33.5 Å². The molecule has 0 aliphatic carbocycles. The van der Waals surface area contributed by atoms with E-state index in [-0.39, 0.29) is 0 Å². The number of nitrogens with two attached hydrogens (primary N) is 1. The van der Waals surface area contributed by atoms with E-state index < -0.39 is 0 Å². The van der Waals surface area contributed by atoms with E-state index in [9.17, 15) is 0 Å². The van der Waals surface area contributed by atoms with E-state index in [4.69, 9.17) is 9.88 Å². The third-order valence-electron chi connectivity index (χ3n) is 1.75. The van der Waals surface area contributed by atoms with Crippen molar-refractivity contribution in [3.05, 3.63) is 18.2 Å². The monoisotopic (exact) mass is 226 g/mol. The van der Waals surface area contributed by atoms with Crippen LogP contribution in [-0.4, -0.2) is 11.6 Å². The molecule has 0 fully saturated rings. The van der Waals surface area contributed by atoms with Gasteiger partial charge in [0.2, 0.25) is 0 Å². The summed E-state index contributed by atoms with van der Waals surface area (Å²) < 4.78 is 7.41. The van der Waals surface area contributed by atoms with Crippen LogP contribution in [0.15, 0.2) is 22.5 Å². The fourth-order valence-electron chi connectivity index (χ4n) is 1.19. The molecule has 14 heavy (non-hydrogen) atoms. The van der Waals surface area contributed by atoms with Crippen molar-refractivity contribution in [1.82, 2.24) is 4.98 Å². The van der Waals surface area contributed by atoms with Crippen molar-refractivity contribution < 1.29 is 4.74 Å². The molecule has 0 unspecified atom stereocenters. The van der Waals surface area contributed by atoms with Crippen LogP contribution < -0.4 is 9.88 Å². The van der Waals surface area contributed by atoms with Crippen LogP contribution in [-0.2, 0) is 0 Å². The van der Waals surface area contributed by atoms with Crippen LogP contribution in [0.4, 0.5) is 0 Å². The number of aromatic nitrogens is 1. The number of ether oxygens (including phenoxy) is 1. The molecule has 2 rings (SSSR count). The molecule has 0 saturated carbocycles. The summed E-state index contributed by atoms with van der Waals surface area (Å²) >= 11 is 2.78. The summed E-state index contributed by atoms with van der Waals surface area (Å²) in [5.74, 6) is 0.860. The van der Waals surface area contributed by atoms with Gasteiger partial charge in [-0.05, 0) is 31.0 Å². The Morgan fingerprint density at radius 2 is 2.43 bits per heavy atom. The molecular weight excluding hydrogens is 216 g/mol. The summed E-state index contributed by atoms with van der Waals surface area (Å²) in [5.41, 5.74) is 0.953. The normalized spacial score (nSPS) is 10.7. The number of benzene rings is 1. The third-order valence-corrected chi connectivity index (χ3v) is 3.41. The van der Waals surface area contributed by atoms with Gasteiger partial charge in [-0.2, -0.15) is 0 Å². The Morgan fingerprint density at radius 1 is 1.57 bits per heavy atom. The highest BCUT2D eigenvalue weighted by Crippen LogP contribution is 2.29. The smallest absolute Gasteiger partial charge is 0.165 e. The number of hydrogen-bond acceptors (Lipinski definition) is 5. The fraction of sp³-hybridized carbons (Fsp3) is 0.222. The van der Waals surface area contributed by atoms with Gasteiger partial charge in [0.15, 0.2) is 4.34 Å². The van der Waals surface area contributed by atoms with E-state index in [1.54, 1.807) is 11.3 Å². The lowest BCUT2D eigenvalue weighted by molar-refractivity contribution is 0.340. The van der Waals surface area contributed by atoms with Crippen LogP contribution in [0.25, 0.3) is 10.2 Å². The summed E-state index contributed by atoms with van der Waals surface area (Å²) in [7, 11) is 0. The molecular formula is C9H10N2OS2. The third kappa shape index (κ3) is 1.84. The summed E-state index contributed by atoms with van der Waals surface area (Å²) in [5, 5.41) is 5.44. The molecule has 2 aromatic rings. The average Bonchev–Trinajstić information content (AvgIpc) is 2.60. The lowest BCUT2D eigenvalue weighted by Crippen LogP contribution is -1.90. The Kier molecular flexibility index (Phi) is 2.90. The number of rotatable bonds is 3. The van der Waals surface area contributed by atoms with E-state index >= 15 is 0 Å². The molecule has 3 nitrogen and oxygen atoms in total. The Balaban J connectivity index is 2.43. The van der Waals surface area contributed by atoms with Gasteiger partial charge in [-0.25, -0.2) is 4.98 Å². The number of nitrogens with zero attached hydrogens (tertiary/aromatic N) is 1. The standard InChI is InChI=1S/C9H10N2OS2/c1-2-12-6-3-4-8-7(5-6)11-9(13-8)14-10/h3-5H,2,10H2,1H3. The fourth-order valence-corrected chi connectivity index (χ4v) is 2.48. The second kappa shape index (κ2) is 4.16. The van der Waals surface area contributed by atoms with Crippen LogP contribution in [0.3, 0.4) is 0 Å². The minimum Gasteiger partial charge on any atom is -0.494 e. The van der Waals surface area contributed by atoms with E-state index in [0.29, 0.717) is 6.61 Å². The Hall–Kier alpha value is -0.780. The summed E-state index contributed by atoms with van der Waals surface area (Å²) in [6, 6.07) is 5.90. The van der Waals surface area contributed by atoms with Gasteiger partial charge in [-0.1, -0.05) is 0 Å². The van der Waals surface area contributed by atoms with Crippen LogP contribution in [0, 0.1) is 0 Å². The van der Waals surface area contributed by atoms with E-state index in [1.807, 2.05) is 25.1 Å². The van der Waals surface area contributed by atoms with Crippen molar-refractivity contribution in [2.24, 2.45) is 5.14 Å². The molecule has 0 aliphatic rings. The van der Waals surface area contributed by atoms with Gasteiger partial charge in [-0.15, -0.1) is 11.3 Å². The molecule has 1 aromatic carbocycles. The maximum Gasteiger partial charge on any atom is 0.165 e. The zero-order chi connectivity index (χ0) is 9.97. The molecule has 2 N–H and O–H groups in total. The summed E-state index contributed by atoms with van der Waals surface area (Å²) in [4.78, 5) is 4.35. The van der Waals surface area contributed by atoms with Gasteiger partial charge < -0.3 is 4.74 Å². The van der Waals surface area contributed by atoms with E-state index in [2.05, 4.69) is 4.98 Å². The Labute approximate surface area is 90.4 Å². The molecule has 1 aromatic heterocycles. The molecule has 0 radical (unpaired) electrons. The van der Waals surface area contributed by atoms with Crippen molar-refractivity contribution in [2.45, 2.75) is 11.3 Å². The molecule has 0 bridgehead atoms. The van der Waals surface area contributed by atoms with Gasteiger partial charge in [-0.3, -0.25) is 5.14 Å². The molecule has 5 heteroatoms. The Morgan fingerprint density at radius 3 is 3.14 bits per heavy atom. The van der Waals surface area contributed by atoms with Crippen LogP contribution in [0.1, 0.15) is 6.92 Å². The van der Waals surface area contributed by atoms with Gasteiger partial charge in [0.05, 0.1) is 16.8 Å². The maximum absolute atomic E-state index is 5.44. The van der Waals surface area contributed by atoms with Gasteiger partial charge in [0, 0.05) is 6.07 Å². The zero-order valence-electron chi connectivity index (χ0n) is 7.69. The average molecular weight is 226 g/mol. The molecule has 0 amide bonds. The first kappa shape index (κ1) is 9.76. The van der Waals surface area contributed by atoms with E-state index in [0.717, 1.165) is 20.3 Å². The zero-order valence-corrected chi connectivity index (χ0v) is 9.32. The van der Waals surface area contributed by atoms with E-state index in [1.165, 1.54) is 11.9 Å². The highest BCUT2D eigenvalue weighted by Gasteiger charge is 2.03. The number of hydrogen-bond donors (Lipinski definition) is 1. The lowest BCUT2D eigenvalue weighted by atomic mass is 10.3. The first-order valence-corrected chi connectivity index (χ1v) is 5.93. The van der Waals surface area contributed by atoms with Crippen LogP contribution in [0.2, 0.25) is 0 Å². The van der Waals surface area contributed by atoms with Gasteiger partial charge in [0.1, 0.15) is 5.75 Å². The predicted octanol–water partition coefficient (Wildman–Crippen LogP) is 2.66. The summed E-state index contributed by atoms with van der Waals surface area (Å²) in [6.07, 6.45) is 0. The molecule has 1 heterocycles. The van der Waals surface area contributed by atoms with Crippen molar-refractivity contribution in [2.75, 3.05) is 6.61 Å². The topological polar surface area (TPSA) is 48.1 Å². The molecule has 74 valence electrons. The minimum atomic E-state index is 0.675. The highest BCUT2D eigenvalue weighted by atomic mass is 32.2. The second-order valence-corrected chi connectivity index (χ2v) is 4.57. The minimum absolute atomic E-state index is 0.675. The molecule has 0 atom stereocenters. The SMILES string of the molecule is CCOc1ccc2sc(SN)nc2c1. The Bertz CT molecular complexity index is 441. The summed E-state index contributed by atoms with van der Waals surface area (Å²) in [6.45, 7) is 2.64. The van der Waals surface area contributed by atoms with Gasteiger partial charge in [0.25, 0.3) is 0 Å². The van der Waals surface area contributed by atoms with Crippen molar-refractivity contribution in [3.63, 3.8) is 0 Å². The second-order valence-electron chi connectivity index (χ2n) is 2.66. The van der Waals surface area contributed by atoms with Crippen molar-refractivity contribution in [1.29, 1.82) is 0 Å². The largest absolute Gasteiger partial charge is 0.494 e. The van der Waals surface area contributed by atoms with Crippen LogP contribution >= 0.6 is 23.3 Å². The van der Waals surface area contributed by atoms with Gasteiger partial charge >= 0.3 is 0 Å². The molecule has 0 saturated heterocycles. The maximum atomic E-state index is 5.44. The first-order valence-electron chi connectivity index (χ1n) is 4.23. The number of fused-ring (bicyclic) bond motifs is 1. The highest BCUT2D eigenvalue weighted by molar-refractivity contribution is 7.99. The predicted molar refractivity (Wildman–Crippen MR) is 60.8 cm³/mol. The molecule has 0 spiro atoms. The lowest BCUT2D eigenvalue weighted by Gasteiger charge is -2.00. The van der Waals surface area contributed by atoms with Crippen LogP contribution in [0.5, 0.6) is 5.75 Å².